The lowest BCUT2D eigenvalue weighted by Gasteiger charge is -2.10. The standard InChI is InChI=1S/C12H17N3O2S/c1-2-18-10-6-4-3-5-9(10)15-12(17)8-14-11(16)7-13/h3-6H,2,7-8,13H2,1H3,(H,14,16)(H,15,17). The first-order chi connectivity index (χ1) is 8.67. The van der Waals surface area contributed by atoms with Crippen molar-refractivity contribution in [2.45, 2.75) is 11.8 Å². The first-order valence-corrected chi connectivity index (χ1v) is 6.64. The van der Waals surface area contributed by atoms with Crippen molar-refractivity contribution in [1.82, 2.24) is 5.32 Å². The van der Waals surface area contributed by atoms with Gasteiger partial charge in [0, 0.05) is 4.90 Å². The highest BCUT2D eigenvalue weighted by molar-refractivity contribution is 7.99. The maximum absolute atomic E-state index is 11.6. The zero-order valence-corrected chi connectivity index (χ0v) is 11.0. The van der Waals surface area contributed by atoms with E-state index >= 15 is 0 Å². The number of thioether (sulfide) groups is 1. The lowest BCUT2D eigenvalue weighted by atomic mass is 10.3. The second-order valence-electron chi connectivity index (χ2n) is 3.46. The van der Waals surface area contributed by atoms with E-state index in [1.165, 1.54) is 0 Å². The smallest absolute Gasteiger partial charge is 0.243 e. The van der Waals surface area contributed by atoms with Gasteiger partial charge in [-0.25, -0.2) is 0 Å². The molecule has 0 bridgehead atoms. The molecular formula is C12H17N3O2S. The molecule has 0 aliphatic carbocycles. The number of carbonyl (C=O) groups is 2. The Bertz CT molecular complexity index is 424. The second-order valence-corrected chi connectivity index (χ2v) is 4.76. The Kier molecular flexibility index (Phi) is 6.24. The van der Waals surface area contributed by atoms with E-state index in [-0.39, 0.29) is 24.9 Å². The molecule has 0 fully saturated rings. The molecule has 98 valence electrons. The van der Waals surface area contributed by atoms with Gasteiger partial charge in [0.25, 0.3) is 0 Å². The first-order valence-electron chi connectivity index (χ1n) is 5.65. The Morgan fingerprint density at radius 3 is 2.67 bits per heavy atom. The zero-order chi connectivity index (χ0) is 13.4. The molecule has 0 spiro atoms. The third-order valence-corrected chi connectivity index (χ3v) is 3.05. The molecule has 4 N–H and O–H groups in total. The van der Waals surface area contributed by atoms with Crippen LogP contribution in [0.5, 0.6) is 0 Å². The van der Waals surface area contributed by atoms with Gasteiger partial charge in [-0.15, -0.1) is 11.8 Å². The monoisotopic (exact) mass is 267 g/mol. The number of hydrogen-bond donors (Lipinski definition) is 3. The summed E-state index contributed by atoms with van der Waals surface area (Å²) >= 11 is 1.65. The van der Waals surface area contributed by atoms with Crippen LogP contribution in [-0.2, 0) is 9.59 Å². The normalized spacial score (nSPS) is 9.89. The molecule has 0 saturated heterocycles. The number of carbonyl (C=O) groups excluding carboxylic acids is 2. The molecule has 5 nitrogen and oxygen atoms in total. The van der Waals surface area contributed by atoms with Crippen molar-refractivity contribution in [2.75, 3.05) is 24.2 Å². The molecule has 0 unspecified atom stereocenters. The van der Waals surface area contributed by atoms with Gasteiger partial charge in [0.15, 0.2) is 0 Å². The molecule has 2 amide bonds. The molecule has 18 heavy (non-hydrogen) atoms. The lowest BCUT2D eigenvalue weighted by Crippen LogP contribution is -2.36. The molecule has 0 heterocycles. The summed E-state index contributed by atoms with van der Waals surface area (Å²) in [6.45, 7) is 1.86. The molecule has 6 heteroatoms. The number of para-hydroxylation sites is 1. The van der Waals surface area contributed by atoms with E-state index in [2.05, 4.69) is 10.6 Å². The van der Waals surface area contributed by atoms with E-state index in [1.807, 2.05) is 31.2 Å². The van der Waals surface area contributed by atoms with Crippen LogP contribution in [0.2, 0.25) is 0 Å². The average Bonchev–Trinajstić information content (AvgIpc) is 2.38. The van der Waals surface area contributed by atoms with E-state index in [1.54, 1.807) is 11.8 Å². The molecule has 1 aromatic rings. The van der Waals surface area contributed by atoms with E-state index in [0.717, 1.165) is 16.3 Å². The summed E-state index contributed by atoms with van der Waals surface area (Å²) in [7, 11) is 0. The van der Waals surface area contributed by atoms with E-state index < -0.39 is 0 Å². The Balaban J connectivity index is 2.56. The van der Waals surface area contributed by atoms with E-state index in [0.29, 0.717) is 0 Å². The average molecular weight is 267 g/mol. The third-order valence-electron chi connectivity index (χ3n) is 2.09. The summed E-state index contributed by atoms with van der Waals surface area (Å²) in [5.74, 6) is 0.318. The van der Waals surface area contributed by atoms with Crippen molar-refractivity contribution < 1.29 is 9.59 Å². The number of rotatable bonds is 6. The van der Waals surface area contributed by atoms with Gasteiger partial charge in [-0.05, 0) is 17.9 Å². The molecule has 0 aliphatic rings. The predicted molar refractivity (Wildman–Crippen MR) is 73.5 cm³/mol. The van der Waals surface area contributed by atoms with Gasteiger partial charge >= 0.3 is 0 Å². The van der Waals surface area contributed by atoms with Crippen LogP contribution in [-0.4, -0.2) is 30.7 Å². The maximum atomic E-state index is 11.6. The Hall–Kier alpha value is -1.53. The van der Waals surface area contributed by atoms with Gasteiger partial charge in [0.2, 0.25) is 11.8 Å². The van der Waals surface area contributed by atoms with Gasteiger partial charge in [-0.3, -0.25) is 9.59 Å². The van der Waals surface area contributed by atoms with Crippen molar-refractivity contribution >= 4 is 29.3 Å². The zero-order valence-electron chi connectivity index (χ0n) is 10.2. The minimum absolute atomic E-state index is 0.0683. The Morgan fingerprint density at radius 2 is 2.00 bits per heavy atom. The number of amides is 2. The highest BCUT2D eigenvalue weighted by Crippen LogP contribution is 2.26. The minimum Gasteiger partial charge on any atom is -0.346 e. The van der Waals surface area contributed by atoms with Gasteiger partial charge in [0.1, 0.15) is 0 Å². The molecule has 1 aromatic carbocycles. The minimum atomic E-state index is -0.346. The van der Waals surface area contributed by atoms with E-state index in [9.17, 15) is 9.59 Å². The molecule has 0 saturated carbocycles. The van der Waals surface area contributed by atoms with Crippen molar-refractivity contribution in [3.8, 4) is 0 Å². The summed E-state index contributed by atoms with van der Waals surface area (Å²) in [4.78, 5) is 23.5. The summed E-state index contributed by atoms with van der Waals surface area (Å²) < 4.78 is 0. The molecular weight excluding hydrogens is 250 g/mol. The number of nitrogens with one attached hydrogen (secondary N) is 2. The van der Waals surface area contributed by atoms with Crippen LogP contribution in [0, 0.1) is 0 Å². The van der Waals surface area contributed by atoms with Crippen LogP contribution in [0.25, 0.3) is 0 Å². The van der Waals surface area contributed by atoms with Crippen LogP contribution >= 0.6 is 11.8 Å². The van der Waals surface area contributed by atoms with Gasteiger partial charge < -0.3 is 16.4 Å². The topological polar surface area (TPSA) is 84.2 Å². The molecule has 0 aliphatic heterocycles. The van der Waals surface area contributed by atoms with Crippen LogP contribution in [0.15, 0.2) is 29.2 Å². The van der Waals surface area contributed by atoms with Crippen LogP contribution in [0.3, 0.4) is 0 Å². The number of anilines is 1. The Labute approximate surface area is 111 Å². The predicted octanol–water partition coefficient (Wildman–Crippen LogP) is 0.812. The largest absolute Gasteiger partial charge is 0.346 e. The summed E-state index contributed by atoms with van der Waals surface area (Å²) in [6.07, 6.45) is 0. The lowest BCUT2D eigenvalue weighted by molar-refractivity contribution is -0.123. The van der Waals surface area contributed by atoms with Gasteiger partial charge in [0.05, 0.1) is 18.8 Å². The quantitative estimate of drug-likeness (QED) is 0.666. The third kappa shape index (κ3) is 4.77. The summed E-state index contributed by atoms with van der Waals surface area (Å²) in [5, 5.41) is 5.18. The second kappa shape index (κ2) is 7.73. The Morgan fingerprint density at radius 1 is 1.28 bits per heavy atom. The molecule has 1 rings (SSSR count). The maximum Gasteiger partial charge on any atom is 0.243 e. The van der Waals surface area contributed by atoms with Crippen LogP contribution in [0.4, 0.5) is 5.69 Å². The highest BCUT2D eigenvalue weighted by Gasteiger charge is 2.07. The fraction of sp³-hybridized carbons (Fsp3) is 0.333. The van der Waals surface area contributed by atoms with Gasteiger partial charge in [-0.1, -0.05) is 19.1 Å². The van der Waals surface area contributed by atoms with E-state index in [4.69, 9.17) is 5.73 Å². The fourth-order valence-electron chi connectivity index (χ4n) is 1.30. The van der Waals surface area contributed by atoms with Crippen molar-refractivity contribution in [1.29, 1.82) is 0 Å². The molecule has 0 radical (unpaired) electrons. The summed E-state index contributed by atoms with van der Waals surface area (Å²) in [5.41, 5.74) is 5.89. The molecule has 0 atom stereocenters. The number of hydrogen-bond acceptors (Lipinski definition) is 4. The van der Waals surface area contributed by atoms with Crippen LogP contribution < -0.4 is 16.4 Å². The first kappa shape index (κ1) is 14.5. The van der Waals surface area contributed by atoms with Crippen LogP contribution in [0.1, 0.15) is 6.92 Å². The number of nitrogens with two attached hydrogens (primary N) is 1. The SMILES string of the molecule is CCSc1ccccc1NC(=O)CNC(=O)CN. The fourth-order valence-corrected chi connectivity index (χ4v) is 2.06. The van der Waals surface area contributed by atoms with Crippen molar-refractivity contribution in [3.63, 3.8) is 0 Å². The van der Waals surface area contributed by atoms with Crippen molar-refractivity contribution in [3.05, 3.63) is 24.3 Å². The molecule has 0 aromatic heterocycles. The number of benzene rings is 1. The highest BCUT2D eigenvalue weighted by atomic mass is 32.2. The van der Waals surface area contributed by atoms with Gasteiger partial charge in [-0.2, -0.15) is 0 Å². The van der Waals surface area contributed by atoms with Crippen molar-refractivity contribution in [2.24, 2.45) is 5.73 Å². The summed E-state index contributed by atoms with van der Waals surface area (Å²) in [6, 6.07) is 7.56.